The topological polar surface area (TPSA) is 86.6 Å². The average Bonchev–Trinajstić information content (AvgIpc) is 2.35. The summed E-state index contributed by atoms with van der Waals surface area (Å²) in [7, 11) is -1.89. The second-order valence-electron chi connectivity index (χ2n) is 5.45. The van der Waals surface area contributed by atoms with Gasteiger partial charge in [0.05, 0.1) is 15.7 Å². The molecule has 0 aliphatic rings. The van der Waals surface area contributed by atoms with Crippen molar-refractivity contribution in [2.24, 2.45) is 0 Å². The van der Waals surface area contributed by atoms with Gasteiger partial charge in [0.25, 0.3) is 0 Å². The average molecular weight is 321 g/mol. The first kappa shape index (κ1) is 17.5. The second kappa shape index (κ2) is 6.07. The third-order valence-electron chi connectivity index (χ3n) is 2.66. The summed E-state index contributed by atoms with van der Waals surface area (Å²) in [6.45, 7) is 4.72. The van der Waals surface area contributed by atoms with Crippen LogP contribution in [0.2, 0.25) is 0 Å². The minimum atomic E-state index is -4.15. The van der Waals surface area contributed by atoms with Gasteiger partial charge in [-0.15, -0.1) is 0 Å². The number of alkyl halides is 2. The molecule has 0 heterocycles. The number of hydrogen-bond donors (Lipinski definition) is 3. The van der Waals surface area contributed by atoms with E-state index in [1.807, 2.05) is 0 Å². The lowest BCUT2D eigenvalue weighted by atomic mass is 10.0. The number of aliphatic carboxylic acids is 1. The first-order valence-corrected chi connectivity index (χ1v) is 7.19. The van der Waals surface area contributed by atoms with E-state index in [9.17, 15) is 22.9 Å². The number of benzene rings is 1. The molecular weight excluding hydrogens is 304 g/mol. The Hall–Kier alpha value is -1.54. The van der Waals surface area contributed by atoms with E-state index in [-0.39, 0.29) is 11.3 Å². The minimum Gasteiger partial charge on any atom is -0.508 e. The SMILES string of the molecule is CC(C)(C)[S@](=O)N[C@@H](c1ccc(O)cc1)C(F)(F)C(=O)O. The zero-order valence-electron chi connectivity index (χ0n) is 11.8. The summed E-state index contributed by atoms with van der Waals surface area (Å²) in [5, 5.41) is 17.9. The molecule has 0 spiro atoms. The molecule has 0 aromatic heterocycles. The fourth-order valence-electron chi connectivity index (χ4n) is 1.43. The molecule has 1 aromatic carbocycles. The molecule has 0 saturated carbocycles. The second-order valence-corrected chi connectivity index (χ2v) is 7.45. The molecule has 5 nitrogen and oxygen atoms in total. The Morgan fingerprint density at radius 3 is 2.10 bits per heavy atom. The quantitative estimate of drug-likeness (QED) is 0.776. The Bertz CT molecular complexity index is 540. The van der Waals surface area contributed by atoms with Crippen molar-refractivity contribution in [3.8, 4) is 5.75 Å². The number of halogens is 2. The number of phenols is 1. The summed E-state index contributed by atoms with van der Waals surface area (Å²) < 4.78 is 41.1. The van der Waals surface area contributed by atoms with Crippen molar-refractivity contribution in [3.63, 3.8) is 0 Å². The summed E-state index contributed by atoms with van der Waals surface area (Å²) in [4.78, 5) is 10.8. The first-order valence-electron chi connectivity index (χ1n) is 6.04. The number of phenolic OH excluding ortho intramolecular Hbond substituents is 1. The lowest BCUT2D eigenvalue weighted by molar-refractivity contribution is -0.168. The molecule has 3 N–H and O–H groups in total. The van der Waals surface area contributed by atoms with Crippen LogP contribution in [0.25, 0.3) is 0 Å². The zero-order valence-corrected chi connectivity index (χ0v) is 12.6. The van der Waals surface area contributed by atoms with Gasteiger partial charge in [0, 0.05) is 0 Å². The van der Waals surface area contributed by atoms with Gasteiger partial charge >= 0.3 is 11.9 Å². The molecule has 21 heavy (non-hydrogen) atoms. The van der Waals surface area contributed by atoms with Gasteiger partial charge in [-0.05, 0) is 38.5 Å². The van der Waals surface area contributed by atoms with Crippen molar-refractivity contribution in [2.45, 2.75) is 37.5 Å². The van der Waals surface area contributed by atoms with Crippen LogP contribution < -0.4 is 4.72 Å². The van der Waals surface area contributed by atoms with Crippen LogP contribution in [0.1, 0.15) is 32.4 Å². The van der Waals surface area contributed by atoms with E-state index in [1.54, 1.807) is 20.8 Å². The van der Waals surface area contributed by atoms with Crippen molar-refractivity contribution in [3.05, 3.63) is 29.8 Å². The van der Waals surface area contributed by atoms with Gasteiger partial charge in [-0.1, -0.05) is 12.1 Å². The number of nitrogens with one attached hydrogen (secondary N) is 1. The molecule has 0 radical (unpaired) electrons. The molecule has 0 saturated heterocycles. The van der Waals surface area contributed by atoms with Gasteiger partial charge in [-0.2, -0.15) is 8.78 Å². The van der Waals surface area contributed by atoms with E-state index >= 15 is 0 Å². The lowest BCUT2D eigenvalue weighted by Gasteiger charge is -2.28. The maximum Gasteiger partial charge on any atom is 0.376 e. The highest BCUT2D eigenvalue weighted by Gasteiger charge is 2.49. The summed E-state index contributed by atoms with van der Waals surface area (Å²) in [6.07, 6.45) is 0. The van der Waals surface area contributed by atoms with Gasteiger partial charge in [-0.3, -0.25) is 0 Å². The van der Waals surface area contributed by atoms with Gasteiger partial charge in [-0.25, -0.2) is 13.7 Å². The maximum atomic E-state index is 13.9. The summed E-state index contributed by atoms with van der Waals surface area (Å²) in [5.41, 5.74) is -0.0854. The molecule has 0 aliphatic carbocycles. The summed E-state index contributed by atoms with van der Waals surface area (Å²) in [6, 6.07) is 2.65. The van der Waals surface area contributed by atoms with Crippen LogP contribution in [0.4, 0.5) is 8.78 Å². The molecule has 1 rings (SSSR count). The molecule has 0 fully saturated rings. The Morgan fingerprint density at radius 1 is 1.24 bits per heavy atom. The normalized spacial score (nSPS) is 15.5. The highest BCUT2D eigenvalue weighted by Crippen LogP contribution is 2.33. The fourth-order valence-corrected chi connectivity index (χ4v) is 2.28. The zero-order chi connectivity index (χ0) is 16.4. The van der Waals surface area contributed by atoms with Crippen LogP contribution in [-0.2, 0) is 15.8 Å². The van der Waals surface area contributed by atoms with Crippen molar-refractivity contribution < 1.29 is 28.0 Å². The Balaban J connectivity index is 3.21. The van der Waals surface area contributed by atoms with Gasteiger partial charge in [0.1, 0.15) is 11.8 Å². The summed E-state index contributed by atoms with van der Waals surface area (Å²) in [5.74, 6) is -6.62. The largest absolute Gasteiger partial charge is 0.508 e. The van der Waals surface area contributed by atoms with Crippen molar-refractivity contribution in [1.82, 2.24) is 4.72 Å². The smallest absolute Gasteiger partial charge is 0.376 e. The van der Waals surface area contributed by atoms with Crippen LogP contribution in [0.5, 0.6) is 5.75 Å². The van der Waals surface area contributed by atoms with Crippen LogP contribution in [0, 0.1) is 0 Å². The minimum absolute atomic E-state index is 0.0854. The van der Waals surface area contributed by atoms with E-state index in [0.717, 1.165) is 24.3 Å². The number of carbonyl (C=O) groups is 1. The van der Waals surface area contributed by atoms with E-state index < -0.39 is 33.7 Å². The number of rotatable bonds is 5. The molecule has 118 valence electrons. The fraction of sp³-hybridized carbons (Fsp3) is 0.462. The van der Waals surface area contributed by atoms with Gasteiger partial charge in [0.15, 0.2) is 0 Å². The molecule has 1 aromatic rings. The third kappa shape index (κ3) is 4.21. The number of hydrogen-bond acceptors (Lipinski definition) is 3. The molecular formula is C13H17F2NO4S. The molecule has 2 atom stereocenters. The highest BCUT2D eigenvalue weighted by molar-refractivity contribution is 7.84. The Labute approximate surface area is 123 Å². The van der Waals surface area contributed by atoms with E-state index in [0.29, 0.717) is 0 Å². The van der Waals surface area contributed by atoms with Crippen LogP contribution in [-0.4, -0.2) is 31.1 Å². The molecule has 0 aliphatic heterocycles. The summed E-state index contributed by atoms with van der Waals surface area (Å²) >= 11 is 0. The first-order chi connectivity index (χ1) is 9.46. The maximum absolute atomic E-state index is 13.9. The Morgan fingerprint density at radius 2 is 1.71 bits per heavy atom. The van der Waals surface area contributed by atoms with Gasteiger partial charge in [0.2, 0.25) is 0 Å². The van der Waals surface area contributed by atoms with E-state index in [2.05, 4.69) is 4.72 Å². The molecule has 0 unspecified atom stereocenters. The predicted molar refractivity (Wildman–Crippen MR) is 74.5 cm³/mol. The van der Waals surface area contributed by atoms with Crippen LogP contribution >= 0.6 is 0 Å². The highest BCUT2D eigenvalue weighted by atomic mass is 32.2. The van der Waals surface area contributed by atoms with E-state index in [1.165, 1.54) is 0 Å². The van der Waals surface area contributed by atoms with Crippen molar-refractivity contribution in [2.75, 3.05) is 0 Å². The molecule has 0 bridgehead atoms. The van der Waals surface area contributed by atoms with Gasteiger partial charge < -0.3 is 10.2 Å². The Kier molecular flexibility index (Phi) is 5.06. The van der Waals surface area contributed by atoms with Crippen LogP contribution in [0.15, 0.2) is 24.3 Å². The molecule has 8 heteroatoms. The number of carboxylic acids is 1. The lowest BCUT2D eigenvalue weighted by Crippen LogP contribution is -2.47. The van der Waals surface area contributed by atoms with Crippen molar-refractivity contribution in [1.29, 1.82) is 0 Å². The van der Waals surface area contributed by atoms with Crippen LogP contribution in [0.3, 0.4) is 0 Å². The number of aromatic hydroxyl groups is 1. The molecule has 0 amide bonds. The van der Waals surface area contributed by atoms with E-state index in [4.69, 9.17) is 5.11 Å². The third-order valence-corrected chi connectivity index (χ3v) is 4.22. The standard InChI is InChI=1S/C13H17F2NO4S/c1-12(2,3)21(20)16-10(13(14,15)11(18)19)8-4-6-9(17)7-5-8/h4-7,10,16-17H,1-3H3,(H,18,19)/t10-,21-/m0/s1. The van der Waals surface area contributed by atoms with Crippen molar-refractivity contribution >= 4 is 17.0 Å². The monoisotopic (exact) mass is 321 g/mol. The number of carboxylic acid groups (broad SMARTS) is 1. The predicted octanol–water partition coefficient (Wildman–Crippen LogP) is 2.20.